The standard InChI is InChI=1S/C19H28O2/c1-2-3-4-5-6-7-11-14-18(20)16-19(21)15-17-12-9-8-10-13-17/h8-10,12-13H,2-7,11,14-16H2,1H3. The number of carbonyl (C=O) groups is 2. The Hall–Kier alpha value is -1.44. The quantitative estimate of drug-likeness (QED) is 0.405. The van der Waals surface area contributed by atoms with Crippen molar-refractivity contribution in [3.63, 3.8) is 0 Å². The first-order chi connectivity index (χ1) is 10.2. The highest BCUT2D eigenvalue weighted by molar-refractivity contribution is 5.99. The summed E-state index contributed by atoms with van der Waals surface area (Å²) >= 11 is 0. The van der Waals surface area contributed by atoms with Gasteiger partial charge in [-0.1, -0.05) is 75.8 Å². The summed E-state index contributed by atoms with van der Waals surface area (Å²) in [7, 11) is 0. The Morgan fingerprint density at radius 2 is 1.43 bits per heavy atom. The summed E-state index contributed by atoms with van der Waals surface area (Å²) in [6, 6.07) is 9.63. The topological polar surface area (TPSA) is 34.1 Å². The van der Waals surface area contributed by atoms with Crippen LogP contribution in [0.25, 0.3) is 0 Å². The summed E-state index contributed by atoms with van der Waals surface area (Å²) in [5, 5.41) is 0. The van der Waals surface area contributed by atoms with Gasteiger partial charge in [0.25, 0.3) is 0 Å². The molecule has 1 aromatic carbocycles. The lowest BCUT2D eigenvalue weighted by molar-refractivity contribution is -0.126. The normalized spacial score (nSPS) is 10.5. The Kier molecular flexibility index (Phi) is 9.43. The van der Waals surface area contributed by atoms with Crippen molar-refractivity contribution >= 4 is 11.6 Å². The summed E-state index contributed by atoms with van der Waals surface area (Å²) in [6.07, 6.45) is 9.46. The van der Waals surface area contributed by atoms with Crippen molar-refractivity contribution in [2.24, 2.45) is 0 Å². The van der Waals surface area contributed by atoms with Gasteiger partial charge in [-0.25, -0.2) is 0 Å². The molecule has 0 bridgehead atoms. The van der Waals surface area contributed by atoms with Gasteiger partial charge in [0.15, 0.2) is 0 Å². The van der Waals surface area contributed by atoms with Gasteiger partial charge in [-0.05, 0) is 12.0 Å². The van der Waals surface area contributed by atoms with Crippen LogP contribution < -0.4 is 0 Å². The minimum atomic E-state index is 0.0362. The molecule has 1 rings (SSSR count). The lowest BCUT2D eigenvalue weighted by Crippen LogP contribution is -2.10. The Bertz CT molecular complexity index is 409. The second-order valence-corrected chi connectivity index (χ2v) is 5.79. The molecule has 0 N–H and O–H groups in total. The number of hydrogen-bond acceptors (Lipinski definition) is 2. The van der Waals surface area contributed by atoms with E-state index in [2.05, 4.69) is 6.92 Å². The van der Waals surface area contributed by atoms with Gasteiger partial charge < -0.3 is 0 Å². The molecule has 0 fully saturated rings. The van der Waals surface area contributed by atoms with E-state index in [9.17, 15) is 9.59 Å². The fourth-order valence-corrected chi connectivity index (χ4v) is 2.47. The van der Waals surface area contributed by atoms with E-state index in [-0.39, 0.29) is 18.0 Å². The Labute approximate surface area is 128 Å². The summed E-state index contributed by atoms with van der Waals surface area (Å²) in [6.45, 7) is 2.21. The molecule has 116 valence electrons. The molecule has 0 unspecified atom stereocenters. The van der Waals surface area contributed by atoms with E-state index in [0.717, 1.165) is 18.4 Å². The minimum Gasteiger partial charge on any atom is -0.299 e. The summed E-state index contributed by atoms with van der Waals surface area (Å²) in [5.74, 6) is 0.138. The lowest BCUT2D eigenvalue weighted by atomic mass is 10.0. The van der Waals surface area contributed by atoms with E-state index in [0.29, 0.717) is 12.8 Å². The van der Waals surface area contributed by atoms with Gasteiger partial charge in [0.2, 0.25) is 0 Å². The molecule has 0 amide bonds. The first-order valence-electron chi connectivity index (χ1n) is 8.29. The van der Waals surface area contributed by atoms with Crippen molar-refractivity contribution in [3.8, 4) is 0 Å². The third-order valence-electron chi connectivity index (χ3n) is 3.70. The monoisotopic (exact) mass is 288 g/mol. The Morgan fingerprint density at radius 1 is 0.810 bits per heavy atom. The van der Waals surface area contributed by atoms with Crippen molar-refractivity contribution < 1.29 is 9.59 Å². The van der Waals surface area contributed by atoms with E-state index < -0.39 is 0 Å². The highest BCUT2D eigenvalue weighted by atomic mass is 16.1. The van der Waals surface area contributed by atoms with E-state index in [1.54, 1.807) is 0 Å². The second-order valence-electron chi connectivity index (χ2n) is 5.79. The van der Waals surface area contributed by atoms with E-state index in [1.165, 1.54) is 32.1 Å². The van der Waals surface area contributed by atoms with Gasteiger partial charge in [-0.3, -0.25) is 9.59 Å². The fraction of sp³-hybridized carbons (Fsp3) is 0.579. The van der Waals surface area contributed by atoms with Gasteiger partial charge in [-0.15, -0.1) is 0 Å². The lowest BCUT2D eigenvalue weighted by Gasteiger charge is -2.02. The van der Waals surface area contributed by atoms with Crippen LogP contribution in [-0.2, 0) is 16.0 Å². The smallest absolute Gasteiger partial charge is 0.144 e. The number of unbranched alkanes of at least 4 members (excludes halogenated alkanes) is 6. The number of benzene rings is 1. The molecule has 0 aliphatic carbocycles. The van der Waals surface area contributed by atoms with Crippen LogP contribution in [-0.4, -0.2) is 11.6 Å². The van der Waals surface area contributed by atoms with Crippen molar-refractivity contribution in [2.45, 2.75) is 71.1 Å². The molecule has 0 aromatic heterocycles. The minimum absolute atomic E-state index is 0.0362. The van der Waals surface area contributed by atoms with Gasteiger partial charge in [0.1, 0.15) is 11.6 Å². The molecule has 0 heterocycles. The maximum absolute atomic E-state index is 11.8. The highest BCUT2D eigenvalue weighted by Crippen LogP contribution is 2.10. The number of ketones is 2. The maximum Gasteiger partial charge on any atom is 0.144 e. The molecule has 0 saturated heterocycles. The zero-order valence-electron chi connectivity index (χ0n) is 13.3. The largest absolute Gasteiger partial charge is 0.299 e. The van der Waals surface area contributed by atoms with E-state index >= 15 is 0 Å². The highest BCUT2D eigenvalue weighted by Gasteiger charge is 2.09. The van der Waals surface area contributed by atoms with Crippen molar-refractivity contribution in [1.29, 1.82) is 0 Å². The predicted molar refractivity (Wildman–Crippen MR) is 87.4 cm³/mol. The van der Waals surface area contributed by atoms with E-state index in [1.807, 2.05) is 30.3 Å². The number of carbonyl (C=O) groups excluding carboxylic acids is 2. The predicted octanol–water partition coefficient (Wildman–Crippen LogP) is 4.90. The molecule has 0 radical (unpaired) electrons. The average molecular weight is 288 g/mol. The Morgan fingerprint density at radius 3 is 2.10 bits per heavy atom. The average Bonchev–Trinajstić information content (AvgIpc) is 2.47. The van der Waals surface area contributed by atoms with Crippen molar-refractivity contribution in [2.75, 3.05) is 0 Å². The SMILES string of the molecule is CCCCCCCCCC(=O)CC(=O)Cc1ccccc1. The molecule has 0 spiro atoms. The first-order valence-corrected chi connectivity index (χ1v) is 8.29. The van der Waals surface area contributed by atoms with Gasteiger partial charge in [0, 0.05) is 12.8 Å². The number of hydrogen-bond donors (Lipinski definition) is 0. The first kappa shape index (κ1) is 17.6. The van der Waals surface area contributed by atoms with E-state index in [4.69, 9.17) is 0 Å². The summed E-state index contributed by atoms with van der Waals surface area (Å²) in [5.41, 5.74) is 0.992. The van der Waals surface area contributed by atoms with Crippen LogP contribution in [0.2, 0.25) is 0 Å². The molecule has 21 heavy (non-hydrogen) atoms. The van der Waals surface area contributed by atoms with Crippen LogP contribution in [0.15, 0.2) is 30.3 Å². The molecule has 2 heteroatoms. The van der Waals surface area contributed by atoms with Crippen LogP contribution in [0.3, 0.4) is 0 Å². The molecule has 2 nitrogen and oxygen atoms in total. The molecular weight excluding hydrogens is 260 g/mol. The molecule has 1 aromatic rings. The van der Waals surface area contributed by atoms with Crippen LogP contribution in [0.4, 0.5) is 0 Å². The van der Waals surface area contributed by atoms with Gasteiger partial charge in [-0.2, -0.15) is 0 Å². The molecule has 0 aliphatic heterocycles. The Balaban J connectivity index is 2.06. The molecule has 0 atom stereocenters. The summed E-state index contributed by atoms with van der Waals surface area (Å²) < 4.78 is 0. The zero-order chi connectivity index (χ0) is 15.3. The summed E-state index contributed by atoms with van der Waals surface area (Å²) in [4.78, 5) is 23.6. The van der Waals surface area contributed by atoms with Gasteiger partial charge >= 0.3 is 0 Å². The molecule has 0 aliphatic rings. The zero-order valence-corrected chi connectivity index (χ0v) is 13.3. The van der Waals surface area contributed by atoms with Crippen LogP contribution in [0.1, 0.15) is 70.3 Å². The van der Waals surface area contributed by atoms with Crippen LogP contribution in [0.5, 0.6) is 0 Å². The molecular formula is C19H28O2. The third kappa shape index (κ3) is 9.17. The van der Waals surface area contributed by atoms with Crippen molar-refractivity contribution in [3.05, 3.63) is 35.9 Å². The number of rotatable bonds is 12. The molecule has 0 saturated carbocycles. The van der Waals surface area contributed by atoms with Crippen LogP contribution in [0, 0.1) is 0 Å². The maximum atomic E-state index is 11.8. The second kappa shape index (κ2) is 11.2. The van der Waals surface area contributed by atoms with Crippen LogP contribution >= 0.6 is 0 Å². The fourth-order valence-electron chi connectivity index (χ4n) is 2.47. The third-order valence-corrected chi connectivity index (χ3v) is 3.70. The number of Topliss-reactive ketones (excluding diaryl/α,β-unsaturated/α-hetero) is 2. The van der Waals surface area contributed by atoms with Gasteiger partial charge in [0.05, 0.1) is 6.42 Å². The van der Waals surface area contributed by atoms with Crippen molar-refractivity contribution in [1.82, 2.24) is 0 Å².